The molecule has 0 aromatic heterocycles. The molecule has 0 saturated heterocycles. The van der Waals surface area contributed by atoms with E-state index in [1.807, 2.05) is 5.57 Å². The molecule has 27 heavy (non-hydrogen) atoms. The van der Waals surface area contributed by atoms with Crippen LogP contribution in [0.25, 0.3) is 0 Å². The van der Waals surface area contributed by atoms with Gasteiger partial charge in [0.2, 0.25) is 0 Å². The Bertz CT molecular complexity index is 670. The first kappa shape index (κ1) is 18.7. The van der Waals surface area contributed by atoms with E-state index in [-0.39, 0.29) is 0 Å². The third-order valence-electron chi connectivity index (χ3n) is 12.1. The zero-order valence-corrected chi connectivity index (χ0v) is 19.1. The lowest BCUT2D eigenvalue weighted by atomic mass is 9.32. The molecule has 0 aromatic carbocycles. The standard InChI is InChI=1S/C27H44/c1-23(2)14-8-16-25(4)20(23)13-18-27(6)22(25)11-10-21-24(3)15-7-9-19(24)12-17-26(21,27)5/h9,20-22H,7-8,10-18H2,1-6H3. The van der Waals surface area contributed by atoms with E-state index < -0.39 is 0 Å². The number of rotatable bonds is 0. The van der Waals surface area contributed by atoms with Gasteiger partial charge >= 0.3 is 0 Å². The first-order valence-corrected chi connectivity index (χ1v) is 12.3. The molecule has 0 amide bonds. The minimum atomic E-state index is 0.532. The van der Waals surface area contributed by atoms with Crippen LogP contribution in [0.5, 0.6) is 0 Å². The highest BCUT2D eigenvalue weighted by atomic mass is 14.7. The lowest BCUT2D eigenvalue weighted by Crippen LogP contribution is -2.65. The van der Waals surface area contributed by atoms with Crippen LogP contribution in [0.3, 0.4) is 0 Å². The molecule has 5 aliphatic rings. The zero-order chi connectivity index (χ0) is 19.3. The van der Waals surface area contributed by atoms with Crippen LogP contribution in [0.15, 0.2) is 11.6 Å². The molecule has 4 saturated carbocycles. The van der Waals surface area contributed by atoms with Crippen molar-refractivity contribution in [2.45, 2.75) is 112 Å². The van der Waals surface area contributed by atoms with Crippen LogP contribution in [-0.2, 0) is 0 Å². The fourth-order valence-electron chi connectivity index (χ4n) is 10.6. The van der Waals surface area contributed by atoms with Crippen molar-refractivity contribution >= 4 is 0 Å². The number of fused-ring (bicyclic) bond motifs is 7. The summed E-state index contributed by atoms with van der Waals surface area (Å²) in [5.74, 6) is 2.85. The summed E-state index contributed by atoms with van der Waals surface area (Å²) in [6.07, 6.45) is 18.8. The Morgan fingerprint density at radius 3 is 2.19 bits per heavy atom. The van der Waals surface area contributed by atoms with Crippen molar-refractivity contribution in [1.29, 1.82) is 0 Å². The van der Waals surface area contributed by atoms with Crippen LogP contribution in [-0.4, -0.2) is 0 Å². The highest BCUT2D eigenvalue weighted by molar-refractivity contribution is 5.29. The molecule has 0 bridgehead atoms. The highest BCUT2D eigenvalue weighted by Gasteiger charge is 2.68. The Morgan fingerprint density at radius 1 is 0.704 bits per heavy atom. The monoisotopic (exact) mass is 368 g/mol. The van der Waals surface area contributed by atoms with Crippen LogP contribution in [0.1, 0.15) is 112 Å². The molecule has 0 aliphatic heterocycles. The molecule has 0 heterocycles. The molecule has 4 fully saturated rings. The van der Waals surface area contributed by atoms with Gasteiger partial charge in [-0.3, -0.25) is 0 Å². The minimum Gasteiger partial charge on any atom is -0.0847 e. The lowest BCUT2D eigenvalue weighted by molar-refractivity contribution is -0.226. The average Bonchev–Trinajstić information content (AvgIpc) is 2.96. The van der Waals surface area contributed by atoms with Crippen LogP contribution < -0.4 is 0 Å². The fourth-order valence-corrected chi connectivity index (χ4v) is 10.6. The van der Waals surface area contributed by atoms with Crippen molar-refractivity contribution < 1.29 is 0 Å². The molecule has 5 rings (SSSR count). The number of hydrogen-bond donors (Lipinski definition) is 0. The van der Waals surface area contributed by atoms with Crippen molar-refractivity contribution in [1.82, 2.24) is 0 Å². The van der Waals surface area contributed by atoms with Crippen molar-refractivity contribution in [2.24, 2.45) is 44.8 Å². The van der Waals surface area contributed by atoms with Gasteiger partial charge in [-0.25, -0.2) is 0 Å². The van der Waals surface area contributed by atoms with Gasteiger partial charge in [-0.15, -0.1) is 0 Å². The van der Waals surface area contributed by atoms with Gasteiger partial charge in [0, 0.05) is 0 Å². The second-order valence-corrected chi connectivity index (χ2v) is 13.1. The maximum atomic E-state index is 2.78. The summed E-state index contributed by atoms with van der Waals surface area (Å²) in [6.45, 7) is 16.1. The molecule has 0 spiro atoms. The van der Waals surface area contributed by atoms with Gasteiger partial charge < -0.3 is 0 Å². The predicted molar refractivity (Wildman–Crippen MR) is 116 cm³/mol. The Labute approximate surface area is 169 Å². The van der Waals surface area contributed by atoms with Gasteiger partial charge in [0.05, 0.1) is 0 Å². The van der Waals surface area contributed by atoms with E-state index in [4.69, 9.17) is 0 Å². The van der Waals surface area contributed by atoms with Gasteiger partial charge in [0.15, 0.2) is 0 Å². The lowest BCUT2D eigenvalue weighted by Gasteiger charge is -2.72. The Hall–Kier alpha value is -0.260. The third-order valence-corrected chi connectivity index (χ3v) is 12.1. The second kappa shape index (κ2) is 5.46. The first-order chi connectivity index (χ1) is 12.6. The molecule has 0 heteroatoms. The van der Waals surface area contributed by atoms with E-state index >= 15 is 0 Å². The molecule has 7 atom stereocenters. The summed E-state index contributed by atoms with van der Waals surface area (Å²) in [6, 6.07) is 0. The molecule has 0 radical (unpaired) electrons. The summed E-state index contributed by atoms with van der Waals surface area (Å²) < 4.78 is 0. The summed E-state index contributed by atoms with van der Waals surface area (Å²) in [7, 11) is 0. The van der Waals surface area contributed by atoms with E-state index in [0.717, 1.165) is 17.8 Å². The third kappa shape index (κ3) is 2.12. The van der Waals surface area contributed by atoms with Gasteiger partial charge in [-0.05, 0) is 109 Å². The highest BCUT2D eigenvalue weighted by Crippen LogP contribution is 2.76. The topological polar surface area (TPSA) is 0 Å². The van der Waals surface area contributed by atoms with Gasteiger partial charge in [0.25, 0.3) is 0 Å². The van der Waals surface area contributed by atoms with Crippen molar-refractivity contribution in [2.75, 3.05) is 0 Å². The average molecular weight is 369 g/mol. The molecule has 0 aromatic rings. The minimum absolute atomic E-state index is 0.532. The first-order valence-electron chi connectivity index (χ1n) is 12.3. The van der Waals surface area contributed by atoms with Crippen molar-refractivity contribution in [3.63, 3.8) is 0 Å². The zero-order valence-electron chi connectivity index (χ0n) is 19.1. The maximum Gasteiger partial charge on any atom is -0.00798 e. The SMILES string of the molecule is CC1(C)CCCC2(C)C1CCC1(C)C2CCC2C3(C)CCC=C3CCC21C. The quantitative estimate of drug-likeness (QED) is 0.378. The fraction of sp³-hybridized carbons (Fsp3) is 0.926. The normalized spacial score (nSPS) is 56.4. The number of allylic oxidation sites excluding steroid dienone is 2. The van der Waals surface area contributed by atoms with Crippen LogP contribution in [0.4, 0.5) is 0 Å². The molecular formula is C27H44. The molecule has 5 aliphatic carbocycles. The van der Waals surface area contributed by atoms with E-state index in [9.17, 15) is 0 Å². The summed E-state index contributed by atoms with van der Waals surface area (Å²) in [5.41, 5.74) is 4.66. The summed E-state index contributed by atoms with van der Waals surface area (Å²) >= 11 is 0. The van der Waals surface area contributed by atoms with E-state index in [1.54, 1.807) is 0 Å². The second-order valence-electron chi connectivity index (χ2n) is 13.1. The summed E-state index contributed by atoms with van der Waals surface area (Å²) in [4.78, 5) is 0. The summed E-state index contributed by atoms with van der Waals surface area (Å²) in [5, 5.41) is 0. The van der Waals surface area contributed by atoms with E-state index in [1.165, 1.54) is 70.6 Å². The number of hydrogen-bond acceptors (Lipinski definition) is 0. The molecule has 0 nitrogen and oxygen atoms in total. The van der Waals surface area contributed by atoms with Gasteiger partial charge in [-0.1, -0.05) is 59.6 Å². The Morgan fingerprint density at radius 2 is 1.41 bits per heavy atom. The van der Waals surface area contributed by atoms with Crippen molar-refractivity contribution in [3.05, 3.63) is 11.6 Å². The molecule has 0 N–H and O–H groups in total. The molecular weight excluding hydrogens is 324 g/mol. The van der Waals surface area contributed by atoms with Crippen LogP contribution >= 0.6 is 0 Å². The van der Waals surface area contributed by atoms with E-state index in [2.05, 4.69) is 47.6 Å². The Kier molecular flexibility index (Phi) is 3.79. The smallest absolute Gasteiger partial charge is 0.00798 e. The predicted octanol–water partition coefficient (Wildman–Crippen LogP) is 8.17. The Balaban J connectivity index is 1.57. The molecule has 152 valence electrons. The van der Waals surface area contributed by atoms with Gasteiger partial charge in [0.1, 0.15) is 0 Å². The van der Waals surface area contributed by atoms with Crippen LogP contribution in [0.2, 0.25) is 0 Å². The van der Waals surface area contributed by atoms with Gasteiger partial charge in [-0.2, -0.15) is 0 Å². The van der Waals surface area contributed by atoms with Crippen molar-refractivity contribution in [3.8, 4) is 0 Å². The largest absolute Gasteiger partial charge is 0.0847 e. The van der Waals surface area contributed by atoms with E-state index in [0.29, 0.717) is 27.1 Å². The van der Waals surface area contributed by atoms with Crippen LogP contribution in [0, 0.1) is 44.8 Å². The molecule has 7 unspecified atom stereocenters. The maximum absolute atomic E-state index is 2.78.